The number of likely N-dealkylation sites (tertiary alicyclic amines) is 1. The molecule has 2 aromatic carbocycles. The van der Waals surface area contributed by atoms with E-state index >= 15 is 0 Å². The van der Waals surface area contributed by atoms with E-state index in [1.807, 2.05) is 30.3 Å². The van der Waals surface area contributed by atoms with Crippen molar-refractivity contribution >= 4 is 23.5 Å². The molecule has 0 N–H and O–H groups in total. The van der Waals surface area contributed by atoms with Crippen LogP contribution in [0, 0.1) is 0 Å². The van der Waals surface area contributed by atoms with Crippen LogP contribution in [0.1, 0.15) is 30.9 Å². The lowest BCUT2D eigenvalue weighted by Gasteiger charge is -2.29. The molecule has 1 fully saturated rings. The van der Waals surface area contributed by atoms with E-state index in [9.17, 15) is 14.4 Å². The normalized spacial score (nSPS) is 16.6. The van der Waals surface area contributed by atoms with Crippen LogP contribution in [0.2, 0.25) is 0 Å². The molecule has 2 amide bonds. The zero-order chi connectivity index (χ0) is 20.9. The van der Waals surface area contributed by atoms with Crippen LogP contribution in [-0.2, 0) is 19.1 Å². The number of amides is 2. The summed E-state index contributed by atoms with van der Waals surface area (Å²) in [6.07, 6.45) is 0.931. The Morgan fingerprint density at radius 3 is 2.47 bits per heavy atom. The third-order valence-electron chi connectivity index (χ3n) is 5.34. The van der Waals surface area contributed by atoms with Crippen LogP contribution in [-0.4, -0.2) is 48.9 Å². The van der Waals surface area contributed by atoms with Crippen molar-refractivity contribution in [1.82, 2.24) is 4.90 Å². The van der Waals surface area contributed by atoms with Gasteiger partial charge < -0.3 is 19.3 Å². The predicted molar refractivity (Wildman–Crippen MR) is 110 cm³/mol. The molecule has 0 saturated carbocycles. The maximum absolute atomic E-state index is 13.0. The number of hydrogen-bond acceptors (Lipinski definition) is 5. The molecule has 156 valence electrons. The standard InChI is InChI=1S/C23H24N2O5/c26-20-16-29-19-11-5-4-10-18(19)25(20)15-12-21(27)30-22(17-8-2-1-3-9-17)23(28)24-13-6-7-14-24/h1-5,8-11,22H,6-7,12-16H2/t22-/m1/s1. The highest BCUT2D eigenvalue weighted by molar-refractivity contribution is 5.98. The maximum atomic E-state index is 13.0. The fourth-order valence-electron chi connectivity index (χ4n) is 3.78. The van der Waals surface area contributed by atoms with Crippen molar-refractivity contribution in [2.75, 3.05) is 31.1 Å². The monoisotopic (exact) mass is 408 g/mol. The van der Waals surface area contributed by atoms with Gasteiger partial charge in [-0.25, -0.2) is 0 Å². The number of anilines is 1. The van der Waals surface area contributed by atoms with Gasteiger partial charge in [0.05, 0.1) is 12.1 Å². The fourth-order valence-corrected chi connectivity index (χ4v) is 3.78. The third-order valence-corrected chi connectivity index (χ3v) is 5.34. The van der Waals surface area contributed by atoms with E-state index in [0.29, 0.717) is 30.1 Å². The highest BCUT2D eigenvalue weighted by Crippen LogP contribution is 2.31. The molecule has 30 heavy (non-hydrogen) atoms. The topological polar surface area (TPSA) is 76.1 Å². The van der Waals surface area contributed by atoms with Crippen LogP contribution in [0.15, 0.2) is 54.6 Å². The summed E-state index contributed by atoms with van der Waals surface area (Å²) in [6, 6.07) is 16.3. The Morgan fingerprint density at radius 1 is 1.00 bits per heavy atom. The molecule has 0 aromatic heterocycles. The Kier molecular flexibility index (Phi) is 5.97. The number of fused-ring (bicyclic) bond motifs is 1. The van der Waals surface area contributed by atoms with Gasteiger partial charge in [0, 0.05) is 25.2 Å². The number of carbonyl (C=O) groups excluding carboxylic acids is 3. The zero-order valence-corrected chi connectivity index (χ0v) is 16.7. The molecule has 0 radical (unpaired) electrons. The maximum Gasteiger partial charge on any atom is 0.308 e. The molecule has 1 atom stereocenters. The Labute approximate surface area is 175 Å². The van der Waals surface area contributed by atoms with E-state index < -0.39 is 12.1 Å². The van der Waals surface area contributed by atoms with Crippen LogP contribution < -0.4 is 9.64 Å². The van der Waals surface area contributed by atoms with Crippen molar-refractivity contribution in [3.63, 3.8) is 0 Å². The van der Waals surface area contributed by atoms with E-state index in [-0.39, 0.29) is 31.4 Å². The first-order valence-corrected chi connectivity index (χ1v) is 10.2. The molecule has 0 spiro atoms. The highest BCUT2D eigenvalue weighted by atomic mass is 16.5. The van der Waals surface area contributed by atoms with Crippen LogP contribution in [0.5, 0.6) is 5.75 Å². The average Bonchev–Trinajstić information content (AvgIpc) is 3.32. The molecule has 0 bridgehead atoms. The summed E-state index contributed by atoms with van der Waals surface area (Å²) >= 11 is 0. The SMILES string of the molecule is O=C(CCN1C(=O)COc2ccccc21)O[C@@H](C(=O)N1CCCC1)c1ccccc1. The second-order valence-electron chi connectivity index (χ2n) is 7.36. The first-order valence-electron chi connectivity index (χ1n) is 10.2. The molecule has 7 heteroatoms. The third kappa shape index (κ3) is 4.30. The van der Waals surface area contributed by atoms with Gasteiger partial charge in [-0.15, -0.1) is 0 Å². The van der Waals surface area contributed by atoms with E-state index in [0.717, 1.165) is 12.8 Å². The lowest BCUT2D eigenvalue weighted by atomic mass is 10.1. The van der Waals surface area contributed by atoms with Crippen molar-refractivity contribution in [2.45, 2.75) is 25.4 Å². The van der Waals surface area contributed by atoms with Crippen LogP contribution in [0.3, 0.4) is 0 Å². The summed E-state index contributed by atoms with van der Waals surface area (Å²) in [6.45, 7) is 1.46. The van der Waals surface area contributed by atoms with Gasteiger partial charge in [-0.2, -0.15) is 0 Å². The Balaban J connectivity index is 1.44. The summed E-state index contributed by atoms with van der Waals surface area (Å²) in [5.41, 5.74) is 1.28. The van der Waals surface area contributed by atoms with Gasteiger partial charge >= 0.3 is 5.97 Å². The minimum atomic E-state index is -0.968. The zero-order valence-electron chi connectivity index (χ0n) is 16.7. The summed E-state index contributed by atoms with van der Waals surface area (Å²) in [7, 11) is 0. The van der Waals surface area contributed by atoms with Gasteiger partial charge in [-0.05, 0) is 25.0 Å². The van der Waals surface area contributed by atoms with Gasteiger partial charge in [0.15, 0.2) is 6.61 Å². The largest absolute Gasteiger partial charge is 0.482 e. The molecular weight excluding hydrogens is 384 g/mol. The van der Waals surface area contributed by atoms with Crippen molar-refractivity contribution in [3.05, 3.63) is 60.2 Å². The lowest BCUT2D eigenvalue weighted by molar-refractivity contribution is -0.160. The summed E-state index contributed by atoms with van der Waals surface area (Å²) in [5, 5.41) is 0. The van der Waals surface area contributed by atoms with Crippen molar-refractivity contribution in [2.24, 2.45) is 0 Å². The van der Waals surface area contributed by atoms with Crippen molar-refractivity contribution < 1.29 is 23.9 Å². The molecule has 1 saturated heterocycles. The van der Waals surface area contributed by atoms with Gasteiger partial charge in [0.25, 0.3) is 11.8 Å². The quantitative estimate of drug-likeness (QED) is 0.687. The number of esters is 1. The number of nitrogens with zero attached hydrogens (tertiary/aromatic N) is 2. The van der Waals surface area contributed by atoms with Gasteiger partial charge in [0.2, 0.25) is 6.10 Å². The second-order valence-corrected chi connectivity index (χ2v) is 7.36. The van der Waals surface area contributed by atoms with Crippen LogP contribution in [0.4, 0.5) is 5.69 Å². The van der Waals surface area contributed by atoms with Gasteiger partial charge in [-0.1, -0.05) is 42.5 Å². The number of rotatable bonds is 6. The van der Waals surface area contributed by atoms with Gasteiger partial charge in [0.1, 0.15) is 5.75 Å². The molecule has 2 aromatic rings. The molecule has 0 aliphatic carbocycles. The Hall–Kier alpha value is -3.35. The summed E-state index contributed by atoms with van der Waals surface area (Å²) in [4.78, 5) is 41.2. The van der Waals surface area contributed by atoms with Crippen molar-refractivity contribution in [1.29, 1.82) is 0 Å². The molecule has 2 heterocycles. The van der Waals surface area contributed by atoms with E-state index in [4.69, 9.17) is 9.47 Å². The molecule has 7 nitrogen and oxygen atoms in total. The lowest BCUT2D eigenvalue weighted by Crippen LogP contribution is -2.40. The highest BCUT2D eigenvalue weighted by Gasteiger charge is 2.32. The minimum absolute atomic E-state index is 0.0172. The smallest absolute Gasteiger partial charge is 0.308 e. The number of hydrogen-bond donors (Lipinski definition) is 0. The van der Waals surface area contributed by atoms with Crippen LogP contribution >= 0.6 is 0 Å². The molecular formula is C23H24N2O5. The van der Waals surface area contributed by atoms with E-state index in [1.165, 1.54) is 4.90 Å². The first-order chi connectivity index (χ1) is 14.6. The van der Waals surface area contributed by atoms with Gasteiger partial charge in [-0.3, -0.25) is 14.4 Å². The number of ether oxygens (including phenoxy) is 2. The number of para-hydroxylation sites is 2. The molecule has 0 unspecified atom stereocenters. The Bertz CT molecular complexity index is 924. The molecule has 2 aliphatic heterocycles. The number of carbonyl (C=O) groups is 3. The van der Waals surface area contributed by atoms with E-state index in [2.05, 4.69) is 0 Å². The summed E-state index contributed by atoms with van der Waals surface area (Å²) in [5.74, 6) is -0.320. The molecule has 2 aliphatic rings. The Morgan fingerprint density at radius 2 is 1.70 bits per heavy atom. The van der Waals surface area contributed by atoms with Crippen LogP contribution in [0.25, 0.3) is 0 Å². The summed E-state index contributed by atoms with van der Waals surface area (Å²) < 4.78 is 11.1. The molecule has 4 rings (SSSR count). The first kappa shape index (κ1) is 19.9. The fraction of sp³-hybridized carbons (Fsp3) is 0.348. The number of benzene rings is 2. The predicted octanol–water partition coefficient (Wildman–Crippen LogP) is 2.71. The van der Waals surface area contributed by atoms with Crippen molar-refractivity contribution in [3.8, 4) is 5.75 Å². The second kappa shape index (κ2) is 8.98. The average molecular weight is 408 g/mol. The van der Waals surface area contributed by atoms with E-state index in [1.54, 1.807) is 29.2 Å². The minimum Gasteiger partial charge on any atom is -0.482 e.